The lowest BCUT2D eigenvalue weighted by Gasteiger charge is -2.11. The fraction of sp³-hybridized carbons (Fsp3) is 0.312. The maximum Gasteiger partial charge on any atom is 0.138 e. The topological polar surface area (TPSA) is 31.4 Å². The summed E-state index contributed by atoms with van der Waals surface area (Å²) >= 11 is 6.23. The van der Waals surface area contributed by atoms with Crippen molar-refractivity contribution in [2.45, 2.75) is 26.4 Å². The Hall–Kier alpha value is -1.74. The lowest BCUT2D eigenvalue weighted by Crippen LogP contribution is -1.98. The van der Waals surface area contributed by atoms with Gasteiger partial charge in [-0.05, 0) is 29.7 Å². The predicted molar refractivity (Wildman–Crippen MR) is 80.7 cm³/mol. The molecule has 2 rings (SSSR count). The van der Waals surface area contributed by atoms with E-state index in [2.05, 4.69) is 18.8 Å². The molecular weight excluding hydrogens is 274 g/mol. The van der Waals surface area contributed by atoms with Gasteiger partial charge in [-0.15, -0.1) is 0 Å². The number of ether oxygens (including phenoxy) is 2. The molecular formula is C16H18ClNO2. The first-order valence-corrected chi connectivity index (χ1v) is 6.88. The number of hydrogen-bond donors (Lipinski definition) is 0. The Kier molecular flexibility index (Phi) is 4.85. The summed E-state index contributed by atoms with van der Waals surface area (Å²) in [6, 6.07) is 7.79. The quantitative estimate of drug-likeness (QED) is 0.816. The number of methoxy groups -OCH3 is 1. The fourth-order valence-corrected chi connectivity index (χ4v) is 2.05. The minimum Gasteiger partial charge on any atom is -0.495 e. The van der Waals surface area contributed by atoms with Gasteiger partial charge < -0.3 is 9.47 Å². The second-order valence-corrected chi connectivity index (χ2v) is 5.27. The molecule has 0 aliphatic heterocycles. The van der Waals surface area contributed by atoms with E-state index in [4.69, 9.17) is 21.1 Å². The number of rotatable bonds is 5. The van der Waals surface area contributed by atoms with E-state index in [0.717, 1.165) is 5.56 Å². The van der Waals surface area contributed by atoms with Crippen LogP contribution in [0.5, 0.6) is 11.5 Å². The molecule has 0 atom stereocenters. The van der Waals surface area contributed by atoms with Gasteiger partial charge in [-0.1, -0.05) is 31.5 Å². The standard InChI is InChI=1S/C16H18ClNO2/c1-11(2)13-4-5-16(15(17)7-13)20-10-12-6-14(19-3)9-18-8-12/h4-9,11H,10H2,1-3H3. The zero-order valence-corrected chi connectivity index (χ0v) is 12.6. The SMILES string of the molecule is COc1cncc(COc2ccc(C(C)C)cc2Cl)c1. The largest absolute Gasteiger partial charge is 0.495 e. The maximum absolute atomic E-state index is 6.23. The van der Waals surface area contributed by atoms with Crippen molar-refractivity contribution in [3.05, 3.63) is 52.8 Å². The van der Waals surface area contributed by atoms with Crippen LogP contribution < -0.4 is 9.47 Å². The molecule has 20 heavy (non-hydrogen) atoms. The zero-order chi connectivity index (χ0) is 14.5. The first kappa shape index (κ1) is 14.7. The van der Waals surface area contributed by atoms with Crippen LogP contribution in [0.2, 0.25) is 5.02 Å². The molecule has 0 aliphatic rings. The lowest BCUT2D eigenvalue weighted by atomic mass is 10.0. The molecule has 1 aromatic carbocycles. The molecule has 0 fully saturated rings. The van der Waals surface area contributed by atoms with Crippen LogP contribution in [0.3, 0.4) is 0 Å². The van der Waals surface area contributed by atoms with Gasteiger partial charge in [0, 0.05) is 11.8 Å². The normalized spacial score (nSPS) is 10.7. The molecule has 0 radical (unpaired) electrons. The third-order valence-electron chi connectivity index (χ3n) is 3.02. The van der Waals surface area contributed by atoms with Gasteiger partial charge in [0.2, 0.25) is 0 Å². The number of hydrogen-bond acceptors (Lipinski definition) is 3. The van der Waals surface area contributed by atoms with Gasteiger partial charge in [0.15, 0.2) is 0 Å². The molecule has 0 saturated heterocycles. The molecule has 3 nitrogen and oxygen atoms in total. The molecule has 0 saturated carbocycles. The van der Waals surface area contributed by atoms with E-state index in [1.54, 1.807) is 19.5 Å². The summed E-state index contributed by atoms with van der Waals surface area (Å²) in [6.45, 7) is 4.67. The molecule has 1 heterocycles. The monoisotopic (exact) mass is 291 g/mol. The highest BCUT2D eigenvalue weighted by Gasteiger charge is 2.06. The Morgan fingerprint density at radius 2 is 2.00 bits per heavy atom. The highest BCUT2D eigenvalue weighted by atomic mass is 35.5. The van der Waals surface area contributed by atoms with Gasteiger partial charge >= 0.3 is 0 Å². The molecule has 1 aromatic heterocycles. The van der Waals surface area contributed by atoms with Crippen LogP contribution in [0, 0.1) is 0 Å². The molecule has 0 amide bonds. The Morgan fingerprint density at radius 3 is 2.65 bits per heavy atom. The Balaban J connectivity index is 2.07. The van der Waals surface area contributed by atoms with Crippen molar-refractivity contribution in [3.8, 4) is 11.5 Å². The van der Waals surface area contributed by atoms with Gasteiger partial charge in [0.1, 0.15) is 18.1 Å². The summed E-state index contributed by atoms with van der Waals surface area (Å²) in [5, 5.41) is 0.632. The van der Waals surface area contributed by atoms with E-state index >= 15 is 0 Å². The van der Waals surface area contributed by atoms with Crippen molar-refractivity contribution in [1.29, 1.82) is 0 Å². The molecule has 0 unspecified atom stereocenters. The van der Waals surface area contributed by atoms with Crippen molar-refractivity contribution in [2.75, 3.05) is 7.11 Å². The van der Waals surface area contributed by atoms with Crippen molar-refractivity contribution >= 4 is 11.6 Å². The number of aromatic nitrogens is 1. The molecule has 0 spiro atoms. The third-order valence-corrected chi connectivity index (χ3v) is 3.32. The summed E-state index contributed by atoms with van der Waals surface area (Å²) in [6.07, 6.45) is 3.41. The van der Waals surface area contributed by atoms with Crippen molar-refractivity contribution in [2.24, 2.45) is 0 Å². The van der Waals surface area contributed by atoms with Crippen LogP contribution in [0.1, 0.15) is 30.9 Å². The van der Waals surface area contributed by atoms with Gasteiger partial charge in [0.05, 0.1) is 18.3 Å². The van der Waals surface area contributed by atoms with Crippen LogP contribution in [0.4, 0.5) is 0 Å². The number of nitrogens with zero attached hydrogens (tertiary/aromatic N) is 1. The van der Waals surface area contributed by atoms with E-state index < -0.39 is 0 Å². The second-order valence-electron chi connectivity index (χ2n) is 4.87. The van der Waals surface area contributed by atoms with Crippen LogP contribution in [0.25, 0.3) is 0 Å². The molecule has 106 valence electrons. The first-order valence-electron chi connectivity index (χ1n) is 6.50. The summed E-state index contributed by atoms with van der Waals surface area (Å²) < 4.78 is 10.9. The summed E-state index contributed by atoms with van der Waals surface area (Å²) in [7, 11) is 1.61. The van der Waals surface area contributed by atoms with E-state index in [1.807, 2.05) is 24.3 Å². The van der Waals surface area contributed by atoms with Crippen LogP contribution in [-0.2, 0) is 6.61 Å². The minimum atomic E-state index is 0.408. The highest BCUT2D eigenvalue weighted by Crippen LogP contribution is 2.29. The molecule has 0 N–H and O–H groups in total. The molecule has 2 aromatic rings. The minimum absolute atomic E-state index is 0.408. The predicted octanol–water partition coefficient (Wildman–Crippen LogP) is 4.45. The van der Waals surface area contributed by atoms with E-state index in [0.29, 0.717) is 29.0 Å². The van der Waals surface area contributed by atoms with E-state index in [9.17, 15) is 0 Å². The zero-order valence-electron chi connectivity index (χ0n) is 11.9. The van der Waals surface area contributed by atoms with Crippen molar-refractivity contribution in [3.63, 3.8) is 0 Å². The number of benzene rings is 1. The smallest absolute Gasteiger partial charge is 0.138 e. The van der Waals surface area contributed by atoms with Gasteiger partial charge in [-0.3, -0.25) is 4.98 Å². The molecule has 4 heteroatoms. The van der Waals surface area contributed by atoms with E-state index in [-0.39, 0.29) is 0 Å². The van der Waals surface area contributed by atoms with Crippen LogP contribution in [-0.4, -0.2) is 12.1 Å². The van der Waals surface area contributed by atoms with E-state index in [1.165, 1.54) is 5.56 Å². The number of halogens is 1. The van der Waals surface area contributed by atoms with Gasteiger partial charge in [-0.25, -0.2) is 0 Å². The average molecular weight is 292 g/mol. The van der Waals surface area contributed by atoms with Crippen molar-refractivity contribution in [1.82, 2.24) is 4.98 Å². The summed E-state index contributed by atoms with van der Waals surface area (Å²) in [5.41, 5.74) is 2.14. The van der Waals surface area contributed by atoms with Crippen LogP contribution in [0.15, 0.2) is 36.7 Å². The average Bonchev–Trinajstić information content (AvgIpc) is 2.46. The molecule has 0 aliphatic carbocycles. The van der Waals surface area contributed by atoms with Gasteiger partial charge in [-0.2, -0.15) is 0 Å². The fourth-order valence-electron chi connectivity index (χ4n) is 1.81. The summed E-state index contributed by atoms with van der Waals surface area (Å²) in [4.78, 5) is 4.09. The van der Waals surface area contributed by atoms with Crippen LogP contribution >= 0.6 is 11.6 Å². The molecule has 0 bridgehead atoms. The Labute approximate surface area is 124 Å². The lowest BCUT2D eigenvalue weighted by molar-refractivity contribution is 0.304. The third kappa shape index (κ3) is 3.64. The second kappa shape index (κ2) is 6.62. The maximum atomic E-state index is 6.23. The summed E-state index contributed by atoms with van der Waals surface area (Å²) in [5.74, 6) is 1.84. The van der Waals surface area contributed by atoms with Gasteiger partial charge in [0.25, 0.3) is 0 Å². The Bertz CT molecular complexity index is 584. The number of pyridine rings is 1. The first-order chi connectivity index (χ1) is 9.60. The Morgan fingerprint density at radius 1 is 1.20 bits per heavy atom. The highest BCUT2D eigenvalue weighted by molar-refractivity contribution is 6.32. The van der Waals surface area contributed by atoms with Crippen molar-refractivity contribution < 1.29 is 9.47 Å².